The SMILES string of the molecule is NC(=O)OCCCCCSSOC(N)=O. The number of carbonyl (C=O) groups excluding carboxylic acids is 2. The van der Waals surface area contributed by atoms with Gasteiger partial charge in [-0.15, -0.1) is 0 Å². The Hall–Kier alpha value is -0.760. The number of amides is 2. The van der Waals surface area contributed by atoms with Crippen LogP contribution in [0.15, 0.2) is 0 Å². The summed E-state index contributed by atoms with van der Waals surface area (Å²) in [6.45, 7) is 0.352. The molecule has 0 rings (SSSR count). The first kappa shape index (κ1) is 14.2. The Labute approximate surface area is 96.0 Å². The van der Waals surface area contributed by atoms with E-state index in [1.807, 2.05) is 0 Å². The first-order valence-corrected chi connectivity index (χ1v) is 6.55. The van der Waals surface area contributed by atoms with Gasteiger partial charge in [-0.2, -0.15) is 0 Å². The van der Waals surface area contributed by atoms with Crippen molar-refractivity contribution in [3.05, 3.63) is 0 Å². The van der Waals surface area contributed by atoms with Gasteiger partial charge in [-0.05, 0) is 19.3 Å². The lowest BCUT2D eigenvalue weighted by Crippen LogP contribution is -2.13. The van der Waals surface area contributed by atoms with E-state index in [0.29, 0.717) is 6.61 Å². The van der Waals surface area contributed by atoms with Gasteiger partial charge in [0.1, 0.15) is 11.1 Å². The van der Waals surface area contributed by atoms with Gasteiger partial charge < -0.3 is 20.4 Å². The quantitative estimate of drug-likeness (QED) is 0.387. The van der Waals surface area contributed by atoms with Crippen molar-refractivity contribution >= 4 is 34.1 Å². The predicted octanol–water partition coefficient (Wildman–Crippen LogP) is 1.64. The standard InChI is InChI=1S/C7H14N2O4S2/c8-6(10)12-4-2-1-3-5-14-15-13-7(9)11/h1-5H2,(H2,8,10)(H2,9,11). The fourth-order valence-electron chi connectivity index (χ4n) is 0.704. The predicted molar refractivity (Wildman–Crippen MR) is 60.1 cm³/mol. The van der Waals surface area contributed by atoms with Gasteiger partial charge in [0.2, 0.25) is 0 Å². The number of nitrogens with two attached hydrogens (primary N) is 2. The van der Waals surface area contributed by atoms with Crippen LogP contribution >= 0.6 is 21.9 Å². The van der Waals surface area contributed by atoms with Crippen molar-refractivity contribution in [2.24, 2.45) is 11.5 Å². The van der Waals surface area contributed by atoms with Crippen LogP contribution in [0.1, 0.15) is 19.3 Å². The summed E-state index contributed by atoms with van der Waals surface area (Å²) in [6.07, 6.45) is 1.13. The Morgan fingerprint density at radius 1 is 1.07 bits per heavy atom. The maximum absolute atomic E-state index is 10.2. The normalized spacial score (nSPS) is 9.60. The largest absolute Gasteiger partial charge is 0.450 e. The lowest BCUT2D eigenvalue weighted by molar-refractivity contribution is 0.154. The molecule has 8 heteroatoms. The van der Waals surface area contributed by atoms with Crippen molar-refractivity contribution in [2.75, 3.05) is 12.4 Å². The monoisotopic (exact) mass is 254 g/mol. The molecule has 0 aliphatic rings. The van der Waals surface area contributed by atoms with E-state index in [4.69, 9.17) is 11.5 Å². The van der Waals surface area contributed by atoms with Gasteiger partial charge in [0, 0.05) is 5.75 Å². The van der Waals surface area contributed by atoms with Gasteiger partial charge in [-0.25, -0.2) is 9.59 Å². The number of carbonyl (C=O) groups is 2. The first-order chi connectivity index (χ1) is 7.13. The molecule has 0 heterocycles. The molecule has 88 valence electrons. The van der Waals surface area contributed by atoms with E-state index < -0.39 is 12.2 Å². The molecule has 2 amide bonds. The van der Waals surface area contributed by atoms with Crippen LogP contribution in [-0.4, -0.2) is 24.5 Å². The van der Waals surface area contributed by atoms with Crippen molar-refractivity contribution in [1.82, 2.24) is 0 Å². The van der Waals surface area contributed by atoms with E-state index in [1.54, 1.807) is 0 Å². The highest BCUT2D eigenvalue weighted by atomic mass is 33.1. The average molecular weight is 254 g/mol. The Kier molecular flexibility index (Phi) is 9.29. The molecule has 0 aromatic carbocycles. The number of unbranched alkanes of at least 4 members (excludes halogenated alkanes) is 2. The smallest absolute Gasteiger partial charge is 0.417 e. The Balaban J connectivity index is 2.99. The summed E-state index contributed by atoms with van der Waals surface area (Å²) in [5.74, 6) is 0.842. The fourth-order valence-corrected chi connectivity index (χ4v) is 2.11. The third-order valence-electron chi connectivity index (χ3n) is 1.28. The molecule has 0 aliphatic heterocycles. The lowest BCUT2D eigenvalue weighted by Gasteiger charge is -2.01. The molecule has 0 bridgehead atoms. The molecule has 0 unspecified atom stereocenters. The summed E-state index contributed by atoms with van der Waals surface area (Å²) in [4.78, 5) is 20.3. The van der Waals surface area contributed by atoms with E-state index >= 15 is 0 Å². The second-order valence-electron chi connectivity index (χ2n) is 2.52. The molecular formula is C7H14N2O4S2. The molecule has 6 nitrogen and oxygen atoms in total. The van der Waals surface area contributed by atoms with E-state index in [0.717, 1.165) is 36.1 Å². The maximum Gasteiger partial charge on any atom is 0.417 e. The van der Waals surface area contributed by atoms with Crippen molar-refractivity contribution < 1.29 is 18.5 Å². The van der Waals surface area contributed by atoms with Crippen LogP contribution in [0.4, 0.5) is 9.59 Å². The van der Waals surface area contributed by atoms with Crippen LogP contribution in [0.5, 0.6) is 0 Å². The molecule has 0 saturated carbocycles. The number of hydrogen-bond acceptors (Lipinski definition) is 6. The summed E-state index contributed by atoms with van der Waals surface area (Å²) in [5, 5.41) is 0. The Bertz CT molecular complexity index is 183. The van der Waals surface area contributed by atoms with E-state index in [9.17, 15) is 9.59 Å². The molecule has 4 N–H and O–H groups in total. The maximum atomic E-state index is 10.2. The van der Waals surface area contributed by atoms with Crippen LogP contribution in [0, 0.1) is 0 Å². The van der Waals surface area contributed by atoms with Crippen molar-refractivity contribution in [1.29, 1.82) is 0 Å². The molecule has 0 aliphatic carbocycles. The summed E-state index contributed by atoms with van der Waals surface area (Å²) >= 11 is 0.967. The summed E-state index contributed by atoms with van der Waals surface area (Å²) in [6, 6.07) is 0. The highest BCUT2D eigenvalue weighted by molar-refractivity contribution is 8.75. The minimum absolute atomic E-state index is 0.352. The van der Waals surface area contributed by atoms with Gasteiger partial charge in [0.05, 0.1) is 6.61 Å². The number of rotatable bonds is 8. The zero-order valence-corrected chi connectivity index (χ0v) is 9.77. The number of primary amides is 2. The van der Waals surface area contributed by atoms with Gasteiger partial charge in [0.15, 0.2) is 0 Å². The molecule has 0 aromatic heterocycles. The zero-order chi connectivity index (χ0) is 11.5. The molecule has 0 radical (unpaired) electrons. The molecular weight excluding hydrogens is 240 g/mol. The van der Waals surface area contributed by atoms with Crippen molar-refractivity contribution in [2.45, 2.75) is 19.3 Å². The highest BCUT2D eigenvalue weighted by Gasteiger charge is 1.97. The molecule has 0 aromatic rings. The second-order valence-corrected chi connectivity index (χ2v) is 4.58. The van der Waals surface area contributed by atoms with Gasteiger partial charge in [-0.3, -0.25) is 0 Å². The number of ether oxygens (including phenoxy) is 1. The first-order valence-electron chi connectivity index (χ1n) is 4.30. The Morgan fingerprint density at radius 2 is 1.80 bits per heavy atom. The average Bonchev–Trinajstić information content (AvgIpc) is 2.14. The third kappa shape index (κ3) is 13.2. The van der Waals surface area contributed by atoms with Crippen LogP contribution < -0.4 is 11.5 Å². The van der Waals surface area contributed by atoms with E-state index in [-0.39, 0.29) is 0 Å². The minimum atomic E-state index is -0.789. The summed E-state index contributed by atoms with van der Waals surface area (Å²) in [7, 11) is 1.41. The van der Waals surface area contributed by atoms with E-state index in [2.05, 4.69) is 8.92 Å². The molecule has 15 heavy (non-hydrogen) atoms. The van der Waals surface area contributed by atoms with Crippen LogP contribution in [0.2, 0.25) is 0 Å². The van der Waals surface area contributed by atoms with Crippen molar-refractivity contribution in [3.8, 4) is 0 Å². The summed E-state index contributed by atoms with van der Waals surface area (Å²) < 4.78 is 8.98. The fraction of sp³-hybridized carbons (Fsp3) is 0.714. The molecule has 0 fully saturated rings. The molecule has 0 spiro atoms. The highest BCUT2D eigenvalue weighted by Crippen LogP contribution is 2.23. The second kappa shape index (κ2) is 9.78. The Morgan fingerprint density at radius 3 is 2.40 bits per heavy atom. The molecule has 0 atom stereocenters. The van der Waals surface area contributed by atoms with Gasteiger partial charge in [-0.1, -0.05) is 10.8 Å². The van der Waals surface area contributed by atoms with Crippen molar-refractivity contribution in [3.63, 3.8) is 0 Å². The van der Waals surface area contributed by atoms with Gasteiger partial charge >= 0.3 is 12.2 Å². The lowest BCUT2D eigenvalue weighted by atomic mass is 10.3. The van der Waals surface area contributed by atoms with Crippen LogP contribution in [0.3, 0.4) is 0 Å². The van der Waals surface area contributed by atoms with Crippen LogP contribution in [0.25, 0.3) is 0 Å². The number of hydrogen-bond donors (Lipinski definition) is 2. The minimum Gasteiger partial charge on any atom is -0.450 e. The molecule has 0 saturated heterocycles. The zero-order valence-electron chi connectivity index (χ0n) is 8.14. The van der Waals surface area contributed by atoms with E-state index in [1.165, 1.54) is 10.8 Å². The van der Waals surface area contributed by atoms with Gasteiger partial charge in [0.25, 0.3) is 0 Å². The topological polar surface area (TPSA) is 105 Å². The summed E-state index contributed by atoms with van der Waals surface area (Å²) in [5.41, 5.74) is 9.52. The third-order valence-corrected chi connectivity index (χ3v) is 3.06. The van der Waals surface area contributed by atoms with Crippen LogP contribution in [-0.2, 0) is 8.92 Å².